The normalized spacial score (nSPS) is 10.4. The zero-order chi connectivity index (χ0) is 14.7. The molecule has 6 heteroatoms. The molecule has 0 saturated carbocycles. The van der Waals surface area contributed by atoms with Crippen molar-refractivity contribution in [3.63, 3.8) is 0 Å². The molecule has 1 aromatic heterocycles. The van der Waals surface area contributed by atoms with Crippen LogP contribution in [0.2, 0.25) is 5.15 Å². The highest BCUT2D eigenvalue weighted by Crippen LogP contribution is 2.32. The molecule has 0 amide bonds. The number of hydrogen-bond acceptors (Lipinski definition) is 4. The third-order valence-corrected chi connectivity index (χ3v) is 2.95. The van der Waals surface area contributed by atoms with E-state index in [1.54, 1.807) is 6.07 Å². The Bertz CT molecular complexity index is 683. The van der Waals surface area contributed by atoms with E-state index in [4.69, 9.17) is 21.6 Å². The van der Waals surface area contributed by atoms with Gasteiger partial charge in [0.15, 0.2) is 0 Å². The van der Waals surface area contributed by atoms with Crippen LogP contribution in [0.5, 0.6) is 11.6 Å². The van der Waals surface area contributed by atoms with Gasteiger partial charge in [-0.1, -0.05) is 25.4 Å². The maximum Gasteiger partial charge on any atom is 0.227 e. The lowest BCUT2D eigenvalue weighted by Crippen LogP contribution is -2.00. The fourth-order valence-electron chi connectivity index (χ4n) is 1.69. The van der Waals surface area contributed by atoms with Gasteiger partial charge in [0.25, 0.3) is 0 Å². The van der Waals surface area contributed by atoms with E-state index in [1.165, 1.54) is 18.5 Å². The van der Waals surface area contributed by atoms with Gasteiger partial charge < -0.3 is 4.74 Å². The molecule has 0 unspecified atom stereocenters. The average Bonchev–Trinajstić information content (AvgIpc) is 2.38. The molecule has 0 spiro atoms. The average molecular weight is 292 g/mol. The van der Waals surface area contributed by atoms with E-state index in [2.05, 4.69) is 9.97 Å². The lowest BCUT2D eigenvalue weighted by Gasteiger charge is -2.13. The summed E-state index contributed by atoms with van der Waals surface area (Å²) < 4.78 is 19.1. The quantitative estimate of drug-likeness (QED) is 0.800. The molecule has 20 heavy (non-hydrogen) atoms. The molecule has 0 atom stereocenters. The summed E-state index contributed by atoms with van der Waals surface area (Å²) in [5.74, 6) is -0.0551. The molecule has 0 aliphatic carbocycles. The number of ether oxygens (including phenoxy) is 1. The molecule has 0 aliphatic heterocycles. The number of rotatable bonds is 3. The van der Waals surface area contributed by atoms with Gasteiger partial charge in [-0.05, 0) is 18.1 Å². The van der Waals surface area contributed by atoms with Crippen LogP contribution in [0.25, 0.3) is 0 Å². The van der Waals surface area contributed by atoms with E-state index in [1.807, 2.05) is 13.8 Å². The summed E-state index contributed by atoms with van der Waals surface area (Å²) in [6.45, 7) is 3.85. The molecule has 2 aromatic rings. The van der Waals surface area contributed by atoms with Crippen molar-refractivity contribution in [2.75, 3.05) is 0 Å². The Hall–Kier alpha value is -2.19. The van der Waals surface area contributed by atoms with Crippen molar-refractivity contribution in [1.82, 2.24) is 9.97 Å². The van der Waals surface area contributed by atoms with Crippen molar-refractivity contribution in [1.29, 1.82) is 5.26 Å². The first kappa shape index (κ1) is 14.2. The largest absolute Gasteiger partial charge is 0.438 e. The van der Waals surface area contributed by atoms with Gasteiger partial charge in [-0.25, -0.2) is 14.4 Å². The topological polar surface area (TPSA) is 58.8 Å². The molecule has 102 valence electrons. The summed E-state index contributed by atoms with van der Waals surface area (Å²) in [4.78, 5) is 7.93. The fourth-order valence-corrected chi connectivity index (χ4v) is 2.03. The van der Waals surface area contributed by atoms with E-state index in [0.717, 1.165) is 6.07 Å². The Labute approximate surface area is 120 Å². The van der Waals surface area contributed by atoms with Crippen molar-refractivity contribution in [3.8, 4) is 17.7 Å². The maximum absolute atomic E-state index is 13.5. The van der Waals surface area contributed by atoms with Crippen LogP contribution in [-0.2, 0) is 0 Å². The molecule has 4 nitrogen and oxygen atoms in total. The van der Waals surface area contributed by atoms with Crippen molar-refractivity contribution in [2.45, 2.75) is 19.8 Å². The SMILES string of the molecule is CC(C)c1c(Cl)ncnc1Oc1ccc(C#N)c(F)c1. The van der Waals surface area contributed by atoms with Gasteiger partial charge >= 0.3 is 0 Å². The molecule has 0 saturated heterocycles. The molecule has 0 bridgehead atoms. The van der Waals surface area contributed by atoms with Crippen molar-refractivity contribution in [3.05, 3.63) is 46.6 Å². The molecule has 0 fully saturated rings. The third-order valence-electron chi connectivity index (χ3n) is 2.65. The molecule has 0 aliphatic rings. The lowest BCUT2D eigenvalue weighted by molar-refractivity contribution is 0.447. The first-order valence-corrected chi connectivity index (χ1v) is 6.28. The molecule has 1 heterocycles. The van der Waals surface area contributed by atoms with Crippen LogP contribution < -0.4 is 4.74 Å². The van der Waals surface area contributed by atoms with E-state index in [-0.39, 0.29) is 23.1 Å². The molecular weight excluding hydrogens is 281 g/mol. The lowest BCUT2D eigenvalue weighted by atomic mass is 10.1. The van der Waals surface area contributed by atoms with Gasteiger partial charge in [0.2, 0.25) is 5.88 Å². The molecule has 0 N–H and O–H groups in total. The molecule has 1 aromatic carbocycles. The minimum atomic E-state index is -0.642. The first-order chi connectivity index (χ1) is 9.52. The Kier molecular flexibility index (Phi) is 4.16. The van der Waals surface area contributed by atoms with E-state index in [0.29, 0.717) is 10.7 Å². The first-order valence-electron chi connectivity index (χ1n) is 5.90. The molecular formula is C14H11ClFN3O. The summed E-state index contributed by atoms with van der Waals surface area (Å²) in [5, 5.41) is 8.99. The summed E-state index contributed by atoms with van der Waals surface area (Å²) in [6.07, 6.45) is 1.28. The standard InChI is InChI=1S/C14H11ClFN3O/c1-8(2)12-13(15)18-7-19-14(12)20-10-4-3-9(6-17)11(16)5-10/h3-5,7-8H,1-2H3. The van der Waals surface area contributed by atoms with E-state index in [9.17, 15) is 4.39 Å². The predicted molar refractivity (Wildman–Crippen MR) is 72.3 cm³/mol. The minimum absolute atomic E-state index is 0.0397. The summed E-state index contributed by atoms with van der Waals surface area (Å²) in [7, 11) is 0. The van der Waals surface area contributed by atoms with Crippen molar-refractivity contribution in [2.24, 2.45) is 0 Å². The smallest absolute Gasteiger partial charge is 0.227 e. The zero-order valence-electron chi connectivity index (χ0n) is 10.9. The third kappa shape index (κ3) is 2.86. The second-order valence-electron chi connectivity index (χ2n) is 4.39. The van der Waals surface area contributed by atoms with Crippen LogP contribution in [0.3, 0.4) is 0 Å². The Morgan fingerprint density at radius 2 is 2.10 bits per heavy atom. The summed E-state index contributed by atoms with van der Waals surface area (Å²) in [6, 6.07) is 5.74. The number of nitriles is 1. The minimum Gasteiger partial charge on any atom is -0.438 e. The van der Waals surface area contributed by atoms with Gasteiger partial charge in [-0.3, -0.25) is 0 Å². The van der Waals surface area contributed by atoms with E-state index >= 15 is 0 Å². The highest BCUT2D eigenvalue weighted by Gasteiger charge is 2.16. The molecule has 0 radical (unpaired) electrons. The maximum atomic E-state index is 13.5. The highest BCUT2D eigenvalue weighted by molar-refractivity contribution is 6.30. The van der Waals surface area contributed by atoms with Gasteiger partial charge in [0.05, 0.1) is 11.1 Å². The monoisotopic (exact) mass is 291 g/mol. The van der Waals surface area contributed by atoms with Crippen molar-refractivity contribution >= 4 is 11.6 Å². The summed E-state index contributed by atoms with van der Waals surface area (Å²) in [5.41, 5.74) is 0.612. The van der Waals surface area contributed by atoms with Gasteiger partial charge in [-0.2, -0.15) is 5.26 Å². The van der Waals surface area contributed by atoms with Gasteiger partial charge in [-0.15, -0.1) is 0 Å². The van der Waals surface area contributed by atoms with Crippen LogP contribution in [0.4, 0.5) is 4.39 Å². The van der Waals surface area contributed by atoms with Crippen LogP contribution in [-0.4, -0.2) is 9.97 Å². The Morgan fingerprint density at radius 1 is 1.35 bits per heavy atom. The summed E-state index contributed by atoms with van der Waals surface area (Å²) >= 11 is 6.02. The number of aromatic nitrogens is 2. The molecule has 2 rings (SSSR count). The number of benzene rings is 1. The van der Waals surface area contributed by atoms with E-state index < -0.39 is 5.82 Å². The van der Waals surface area contributed by atoms with Crippen LogP contribution in [0.1, 0.15) is 30.9 Å². The second kappa shape index (κ2) is 5.85. The van der Waals surface area contributed by atoms with Crippen molar-refractivity contribution < 1.29 is 9.13 Å². The van der Waals surface area contributed by atoms with Crippen LogP contribution in [0, 0.1) is 17.1 Å². The fraction of sp³-hybridized carbons (Fsp3) is 0.214. The number of hydrogen-bond donors (Lipinski definition) is 0. The number of nitrogens with zero attached hydrogens (tertiary/aromatic N) is 3. The zero-order valence-corrected chi connectivity index (χ0v) is 11.6. The van der Waals surface area contributed by atoms with Crippen LogP contribution in [0.15, 0.2) is 24.5 Å². The van der Waals surface area contributed by atoms with Crippen LogP contribution >= 0.6 is 11.6 Å². The van der Waals surface area contributed by atoms with Gasteiger partial charge in [0.1, 0.15) is 29.1 Å². The van der Waals surface area contributed by atoms with Gasteiger partial charge in [0, 0.05) is 6.07 Å². The Balaban J connectivity index is 2.38. The Morgan fingerprint density at radius 3 is 2.70 bits per heavy atom. The highest BCUT2D eigenvalue weighted by atomic mass is 35.5. The number of halogens is 2. The second-order valence-corrected chi connectivity index (χ2v) is 4.75. The predicted octanol–water partition coefficient (Wildman–Crippen LogP) is 4.06.